The fraction of sp³-hybridized carbons (Fsp3) is 0.333. The van der Waals surface area contributed by atoms with E-state index < -0.39 is 5.97 Å². The highest BCUT2D eigenvalue weighted by molar-refractivity contribution is 5.70. The van der Waals surface area contributed by atoms with Gasteiger partial charge in [0.05, 0.1) is 6.42 Å². The summed E-state index contributed by atoms with van der Waals surface area (Å²) in [5.41, 5.74) is 0.843. The number of rotatable bonds is 2. The standard InChI is InChI=1S/C8H8O2.C2H7N.C2H4O/c9-8(10)6-7-4-2-1-3-5-7;1-3-2;1-2-3/h1-5H,6H2,(H,9,10);3H,1-2H3;2H,1H3. The fourth-order valence-corrected chi connectivity index (χ4v) is 0.770. The van der Waals surface area contributed by atoms with Crippen LogP contribution in [0.15, 0.2) is 30.3 Å². The first-order valence-electron chi connectivity index (χ1n) is 4.86. The number of hydrogen-bond donors (Lipinski definition) is 2. The van der Waals surface area contributed by atoms with Gasteiger partial charge in [-0.1, -0.05) is 30.3 Å². The summed E-state index contributed by atoms with van der Waals surface area (Å²) < 4.78 is 0. The molecule has 16 heavy (non-hydrogen) atoms. The highest BCUT2D eigenvalue weighted by Crippen LogP contribution is 1.98. The molecule has 1 aromatic rings. The van der Waals surface area contributed by atoms with Crippen molar-refractivity contribution in [2.24, 2.45) is 0 Å². The van der Waals surface area contributed by atoms with Crippen molar-refractivity contribution in [1.82, 2.24) is 5.32 Å². The lowest BCUT2D eigenvalue weighted by Crippen LogP contribution is -1.98. The zero-order valence-electron chi connectivity index (χ0n) is 9.93. The van der Waals surface area contributed by atoms with Crippen molar-refractivity contribution < 1.29 is 14.7 Å². The number of carboxylic acids is 1. The maximum absolute atomic E-state index is 10.2. The summed E-state index contributed by atoms with van der Waals surface area (Å²) in [7, 11) is 3.75. The summed E-state index contributed by atoms with van der Waals surface area (Å²) in [4.78, 5) is 19.0. The van der Waals surface area contributed by atoms with Crippen LogP contribution in [0.4, 0.5) is 0 Å². The Morgan fingerprint density at radius 3 is 2.00 bits per heavy atom. The number of carbonyl (C=O) groups excluding carboxylic acids is 1. The van der Waals surface area contributed by atoms with Gasteiger partial charge in [0.15, 0.2) is 0 Å². The van der Waals surface area contributed by atoms with Crippen LogP contribution in [0, 0.1) is 0 Å². The van der Waals surface area contributed by atoms with Crippen LogP contribution in [0.2, 0.25) is 0 Å². The van der Waals surface area contributed by atoms with Crippen LogP contribution in [0.3, 0.4) is 0 Å². The van der Waals surface area contributed by atoms with Gasteiger partial charge < -0.3 is 15.2 Å². The molecule has 4 nitrogen and oxygen atoms in total. The van der Waals surface area contributed by atoms with Gasteiger partial charge in [-0.05, 0) is 26.6 Å². The zero-order chi connectivity index (χ0) is 12.8. The van der Waals surface area contributed by atoms with Crippen molar-refractivity contribution in [2.75, 3.05) is 14.1 Å². The third-order valence-corrected chi connectivity index (χ3v) is 1.20. The zero-order valence-corrected chi connectivity index (χ0v) is 9.93. The van der Waals surface area contributed by atoms with E-state index in [-0.39, 0.29) is 6.42 Å². The average Bonchev–Trinajstić information content (AvgIpc) is 2.20. The Morgan fingerprint density at radius 1 is 1.31 bits per heavy atom. The molecule has 0 atom stereocenters. The molecule has 1 rings (SSSR count). The second-order valence-electron chi connectivity index (χ2n) is 2.79. The Morgan fingerprint density at radius 2 is 1.69 bits per heavy atom. The molecular weight excluding hydrogens is 206 g/mol. The molecule has 0 aromatic heterocycles. The Labute approximate surface area is 96.3 Å². The molecule has 0 heterocycles. The highest BCUT2D eigenvalue weighted by Gasteiger charge is 1.96. The molecule has 0 aliphatic carbocycles. The number of nitrogens with one attached hydrogen (secondary N) is 1. The number of hydrogen-bond acceptors (Lipinski definition) is 3. The lowest BCUT2D eigenvalue weighted by molar-refractivity contribution is -0.136. The minimum absolute atomic E-state index is 0.112. The minimum atomic E-state index is -0.786. The Kier molecular flexibility index (Phi) is 13.9. The SMILES string of the molecule is CC=O.CNC.O=C(O)Cc1ccccc1. The summed E-state index contributed by atoms with van der Waals surface area (Å²) in [5.74, 6) is -0.786. The maximum atomic E-state index is 10.2. The number of carbonyl (C=O) groups is 2. The summed E-state index contributed by atoms with van der Waals surface area (Å²) >= 11 is 0. The molecule has 90 valence electrons. The topological polar surface area (TPSA) is 66.4 Å². The van der Waals surface area contributed by atoms with Gasteiger partial charge in [0.25, 0.3) is 0 Å². The normalized spacial score (nSPS) is 7.69. The first-order chi connectivity index (χ1) is 7.62. The molecule has 0 amide bonds. The third-order valence-electron chi connectivity index (χ3n) is 1.20. The molecule has 0 spiro atoms. The van der Waals surface area contributed by atoms with E-state index in [1.807, 2.05) is 32.3 Å². The van der Waals surface area contributed by atoms with E-state index in [1.54, 1.807) is 12.1 Å². The molecule has 0 fully saturated rings. The molecule has 0 saturated heterocycles. The van der Waals surface area contributed by atoms with E-state index in [4.69, 9.17) is 9.90 Å². The quantitative estimate of drug-likeness (QED) is 0.746. The highest BCUT2D eigenvalue weighted by atomic mass is 16.4. The Hall–Kier alpha value is -1.68. The van der Waals surface area contributed by atoms with Crippen LogP contribution in [0.1, 0.15) is 12.5 Å². The van der Waals surface area contributed by atoms with Crippen LogP contribution in [0.5, 0.6) is 0 Å². The van der Waals surface area contributed by atoms with Crippen molar-refractivity contribution >= 4 is 12.3 Å². The molecule has 2 N–H and O–H groups in total. The van der Waals surface area contributed by atoms with Crippen LogP contribution < -0.4 is 5.32 Å². The first kappa shape index (κ1) is 16.7. The van der Waals surface area contributed by atoms with E-state index in [1.165, 1.54) is 6.92 Å². The second-order valence-corrected chi connectivity index (χ2v) is 2.79. The van der Waals surface area contributed by atoms with Crippen molar-refractivity contribution in [3.63, 3.8) is 0 Å². The molecule has 1 aromatic carbocycles. The second kappa shape index (κ2) is 13.3. The van der Waals surface area contributed by atoms with Gasteiger partial charge in [-0.25, -0.2) is 0 Å². The van der Waals surface area contributed by atoms with E-state index in [0.29, 0.717) is 0 Å². The monoisotopic (exact) mass is 225 g/mol. The van der Waals surface area contributed by atoms with Crippen molar-refractivity contribution in [3.8, 4) is 0 Å². The van der Waals surface area contributed by atoms with Crippen LogP contribution in [-0.2, 0) is 16.0 Å². The smallest absolute Gasteiger partial charge is 0.307 e. The van der Waals surface area contributed by atoms with Crippen LogP contribution >= 0.6 is 0 Å². The van der Waals surface area contributed by atoms with Crippen molar-refractivity contribution in [1.29, 1.82) is 0 Å². The minimum Gasteiger partial charge on any atom is -0.481 e. The number of carboxylic acid groups (broad SMARTS) is 1. The largest absolute Gasteiger partial charge is 0.481 e. The van der Waals surface area contributed by atoms with Gasteiger partial charge in [0.1, 0.15) is 6.29 Å². The predicted molar refractivity (Wildman–Crippen MR) is 64.5 cm³/mol. The van der Waals surface area contributed by atoms with Gasteiger partial charge >= 0.3 is 5.97 Å². The van der Waals surface area contributed by atoms with Crippen molar-refractivity contribution in [3.05, 3.63) is 35.9 Å². The number of aldehydes is 1. The predicted octanol–water partition coefficient (Wildman–Crippen LogP) is 1.35. The van der Waals surface area contributed by atoms with E-state index >= 15 is 0 Å². The maximum Gasteiger partial charge on any atom is 0.307 e. The lowest BCUT2D eigenvalue weighted by atomic mass is 10.2. The lowest BCUT2D eigenvalue weighted by Gasteiger charge is -1.92. The molecule has 0 bridgehead atoms. The fourth-order valence-electron chi connectivity index (χ4n) is 0.770. The molecule has 0 saturated carbocycles. The molecular formula is C12H19NO3. The van der Waals surface area contributed by atoms with E-state index in [2.05, 4.69) is 5.32 Å². The van der Waals surface area contributed by atoms with Gasteiger partial charge in [-0.2, -0.15) is 0 Å². The van der Waals surface area contributed by atoms with E-state index in [9.17, 15) is 4.79 Å². The molecule has 4 heteroatoms. The van der Waals surface area contributed by atoms with E-state index in [0.717, 1.165) is 11.8 Å². The van der Waals surface area contributed by atoms with Gasteiger partial charge in [0, 0.05) is 0 Å². The van der Waals surface area contributed by atoms with Gasteiger partial charge in [-0.3, -0.25) is 4.79 Å². The summed E-state index contributed by atoms with van der Waals surface area (Å²) in [6.45, 7) is 1.44. The first-order valence-corrected chi connectivity index (χ1v) is 4.86. The third kappa shape index (κ3) is 14.8. The summed E-state index contributed by atoms with van der Waals surface area (Å²) in [5, 5.41) is 11.1. The molecule has 0 unspecified atom stereocenters. The number of aliphatic carboxylic acids is 1. The molecule has 0 radical (unpaired) electrons. The Bertz CT molecular complexity index is 273. The van der Waals surface area contributed by atoms with Gasteiger partial charge in [-0.15, -0.1) is 0 Å². The van der Waals surface area contributed by atoms with Gasteiger partial charge in [0.2, 0.25) is 0 Å². The van der Waals surface area contributed by atoms with Crippen molar-refractivity contribution in [2.45, 2.75) is 13.3 Å². The average molecular weight is 225 g/mol. The molecule has 0 aliphatic rings. The summed E-state index contributed by atoms with van der Waals surface area (Å²) in [6.07, 6.45) is 0.862. The summed E-state index contributed by atoms with van der Waals surface area (Å²) in [6, 6.07) is 9.13. The number of benzene rings is 1. The Balaban J connectivity index is 0. The molecule has 0 aliphatic heterocycles. The van der Waals surface area contributed by atoms with Crippen LogP contribution in [-0.4, -0.2) is 31.5 Å². The van der Waals surface area contributed by atoms with Crippen LogP contribution in [0.25, 0.3) is 0 Å².